The van der Waals surface area contributed by atoms with E-state index in [4.69, 9.17) is 11.5 Å². The predicted octanol–water partition coefficient (Wildman–Crippen LogP) is 0.411. The Bertz CT molecular complexity index is 504. The van der Waals surface area contributed by atoms with Crippen LogP contribution in [0.2, 0.25) is 0 Å². The van der Waals surface area contributed by atoms with Crippen molar-refractivity contribution in [3.8, 4) is 0 Å². The molecule has 2 aliphatic rings. The van der Waals surface area contributed by atoms with E-state index in [0.717, 1.165) is 13.0 Å². The lowest BCUT2D eigenvalue weighted by atomic mass is 10.1. The maximum absolute atomic E-state index is 11.3. The third kappa shape index (κ3) is 2.23. The number of amides is 1. The fourth-order valence-electron chi connectivity index (χ4n) is 3.20. The molecule has 0 radical (unpaired) electrons. The summed E-state index contributed by atoms with van der Waals surface area (Å²) in [6.07, 6.45) is 5.10. The van der Waals surface area contributed by atoms with Crippen molar-refractivity contribution >= 4 is 17.4 Å². The smallest absolute Gasteiger partial charge is 0.250 e. The third-order valence-corrected chi connectivity index (χ3v) is 4.14. The second kappa shape index (κ2) is 4.70. The lowest BCUT2D eigenvalue weighted by Crippen LogP contribution is -2.34. The molecule has 19 heavy (non-hydrogen) atoms. The predicted molar refractivity (Wildman–Crippen MR) is 73.8 cm³/mol. The Labute approximate surface area is 112 Å². The van der Waals surface area contributed by atoms with E-state index in [9.17, 15) is 4.79 Å². The Morgan fingerprint density at radius 2 is 2.26 bits per heavy atom. The van der Waals surface area contributed by atoms with Gasteiger partial charge in [0.1, 0.15) is 5.82 Å². The van der Waals surface area contributed by atoms with E-state index < -0.39 is 5.91 Å². The van der Waals surface area contributed by atoms with Crippen molar-refractivity contribution < 1.29 is 4.79 Å². The highest BCUT2D eigenvalue weighted by Gasteiger charge is 2.37. The number of carbonyl (C=O) groups excluding carboxylic acids is 1. The first-order chi connectivity index (χ1) is 9.15. The number of hydrogen-bond donors (Lipinski definition) is 3. The lowest BCUT2D eigenvalue weighted by molar-refractivity contribution is 0.100. The summed E-state index contributed by atoms with van der Waals surface area (Å²) in [6.45, 7) is 2.34. The number of nitrogens with zero attached hydrogens (tertiary/aromatic N) is 2. The summed E-state index contributed by atoms with van der Waals surface area (Å²) in [5.74, 6) is 0.165. The van der Waals surface area contributed by atoms with E-state index >= 15 is 0 Å². The van der Waals surface area contributed by atoms with Gasteiger partial charge in [-0.15, -0.1) is 0 Å². The summed E-state index contributed by atoms with van der Waals surface area (Å²) >= 11 is 0. The fraction of sp³-hybridized carbons (Fsp3) is 0.538. The maximum Gasteiger partial charge on any atom is 0.250 e. The molecule has 102 valence electrons. The summed E-state index contributed by atoms with van der Waals surface area (Å²) in [5, 5.41) is 3.42. The third-order valence-electron chi connectivity index (χ3n) is 4.14. The number of primary amides is 1. The zero-order valence-corrected chi connectivity index (χ0v) is 10.8. The van der Waals surface area contributed by atoms with Crippen molar-refractivity contribution in [2.45, 2.75) is 31.3 Å². The quantitative estimate of drug-likeness (QED) is 0.732. The van der Waals surface area contributed by atoms with Crippen molar-refractivity contribution in [3.63, 3.8) is 0 Å². The zero-order valence-electron chi connectivity index (χ0n) is 10.8. The van der Waals surface area contributed by atoms with Gasteiger partial charge < -0.3 is 16.8 Å². The van der Waals surface area contributed by atoms with E-state index in [-0.39, 0.29) is 0 Å². The molecule has 2 aliphatic heterocycles. The number of carbonyl (C=O) groups is 1. The van der Waals surface area contributed by atoms with Gasteiger partial charge in [-0.2, -0.15) is 0 Å². The highest BCUT2D eigenvalue weighted by Crippen LogP contribution is 2.30. The molecule has 0 aromatic carbocycles. The van der Waals surface area contributed by atoms with Crippen molar-refractivity contribution in [2.75, 3.05) is 24.1 Å². The van der Waals surface area contributed by atoms with Crippen molar-refractivity contribution in [1.82, 2.24) is 9.88 Å². The number of pyridine rings is 1. The molecule has 1 aromatic heterocycles. The summed E-state index contributed by atoms with van der Waals surface area (Å²) in [7, 11) is 0. The molecule has 6 heteroatoms. The number of aromatic nitrogens is 1. The molecule has 1 aromatic rings. The zero-order chi connectivity index (χ0) is 13.4. The van der Waals surface area contributed by atoms with E-state index in [1.54, 1.807) is 6.07 Å². The first-order valence-corrected chi connectivity index (χ1v) is 6.71. The summed E-state index contributed by atoms with van der Waals surface area (Å²) in [5.41, 5.74) is 11.6. The van der Waals surface area contributed by atoms with Crippen LogP contribution in [-0.4, -0.2) is 41.0 Å². The SMILES string of the molecule is NC(=O)c1cc(NC2CCN3CCCC23)ncc1N. The molecule has 0 bridgehead atoms. The summed E-state index contributed by atoms with van der Waals surface area (Å²) in [4.78, 5) is 18.0. The van der Waals surface area contributed by atoms with Gasteiger partial charge in [-0.3, -0.25) is 9.69 Å². The van der Waals surface area contributed by atoms with Crippen molar-refractivity contribution in [2.24, 2.45) is 5.73 Å². The molecule has 5 N–H and O–H groups in total. The topological polar surface area (TPSA) is 97.3 Å². The number of nitrogen functional groups attached to an aromatic ring is 1. The van der Waals surface area contributed by atoms with E-state index in [0.29, 0.717) is 29.2 Å². The van der Waals surface area contributed by atoms with Crippen LogP contribution in [0.15, 0.2) is 12.3 Å². The molecule has 0 aliphatic carbocycles. The molecule has 2 saturated heterocycles. The van der Waals surface area contributed by atoms with Crippen molar-refractivity contribution in [1.29, 1.82) is 0 Å². The number of nitrogens with one attached hydrogen (secondary N) is 1. The van der Waals surface area contributed by atoms with Gasteiger partial charge in [0.25, 0.3) is 5.91 Å². The molecule has 2 atom stereocenters. The van der Waals surface area contributed by atoms with Gasteiger partial charge in [0.15, 0.2) is 0 Å². The number of fused-ring (bicyclic) bond motifs is 1. The van der Waals surface area contributed by atoms with E-state index in [1.807, 2.05) is 0 Å². The second-order valence-corrected chi connectivity index (χ2v) is 5.31. The van der Waals surface area contributed by atoms with Gasteiger partial charge in [-0.05, 0) is 31.9 Å². The fourth-order valence-corrected chi connectivity index (χ4v) is 3.20. The maximum atomic E-state index is 11.3. The minimum absolute atomic E-state index is 0.326. The Hall–Kier alpha value is -1.82. The van der Waals surface area contributed by atoms with E-state index in [2.05, 4.69) is 15.2 Å². The average Bonchev–Trinajstić information content (AvgIpc) is 2.96. The van der Waals surface area contributed by atoms with Crippen LogP contribution in [0.5, 0.6) is 0 Å². The standard InChI is InChI=1S/C13H19N5O/c14-9-7-16-12(6-8(9)13(15)19)17-10-3-5-18-4-1-2-11(10)18/h6-7,10-11H,1-5,14H2,(H2,15,19)(H,16,17). The van der Waals surface area contributed by atoms with Gasteiger partial charge in [0.05, 0.1) is 17.4 Å². The molecular weight excluding hydrogens is 242 g/mol. The Kier molecular flexibility index (Phi) is 3.02. The molecule has 3 heterocycles. The van der Waals surface area contributed by atoms with Gasteiger partial charge in [0.2, 0.25) is 0 Å². The summed E-state index contributed by atoms with van der Waals surface area (Å²) in [6, 6.07) is 2.64. The highest BCUT2D eigenvalue weighted by molar-refractivity contribution is 5.98. The average molecular weight is 261 g/mol. The van der Waals surface area contributed by atoms with Crippen molar-refractivity contribution in [3.05, 3.63) is 17.8 Å². The molecule has 6 nitrogen and oxygen atoms in total. The van der Waals surface area contributed by atoms with Gasteiger partial charge in [-0.25, -0.2) is 4.98 Å². The van der Waals surface area contributed by atoms with Crippen LogP contribution >= 0.6 is 0 Å². The largest absolute Gasteiger partial charge is 0.397 e. The molecule has 1 amide bonds. The van der Waals surface area contributed by atoms with Crippen LogP contribution in [-0.2, 0) is 0 Å². The second-order valence-electron chi connectivity index (χ2n) is 5.31. The molecule has 0 spiro atoms. The minimum atomic E-state index is -0.517. The van der Waals surface area contributed by atoms with Crippen LogP contribution in [0.1, 0.15) is 29.6 Å². The number of hydrogen-bond acceptors (Lipinski definition) is 5. The lowest BCUT2D eigenvalue weighted by Gasteiger charge is -2.22. The van der Waals surface area contributed by atoms with Gasteiger partial charge >= 0.3 is 0 Å². The number of nitrogens with two attached hydrogens (primary N) is 2. The molecule has 2 unspecified atom stereocenters. The van der Waals surface area contributed by atoms with Crippen LogP contribution < -0.4 is 16.8 Å². The molecular formula is C13H19N5O. The summed E-state index contributed by atoms with van der Waals surface area (Å²) < 4.78 is 0. The highest BCUT2D eigenvalue weighted by atomic mass is 16.1. The van der Waals surface area contributed by atoms with Crippen LogP contribution in [0.3, 0.4) is 0 Å². The Balaban J connectivity index is 1.76. The van der Waals surface area contributed by atoms with E-state index in [1.165, 1.54) is 25.6 Å². The molecule has 0 saturated carbocycles. The first kappa shape index (κ1) is 12.2. The van der Waals surface area contributed by atoms with Gasteiger partial charge in [-0.1, -0.05) is 0 Å². The monoisotopic (exact) mass is 261 g/mol. The Morgan fingerprint density at radius 1 is 1.42 bits per heavy atom. The van der Waals surface area contributed by atoms with Crippen LogP contribution in [0.25, 0.3) is 0 Å². The molecule has 3 rings (SSSR count). The van der Waals surface area contributed by atoms with Crippen LogP contribution in [0.4, 0.5) is 11.5 Å². The van der Waals surface area contributed by atoms with Gasteiger partial charge in [0, 0.05) is 18.6 Å². The number of anilines is 2. The Morgan fingerprint density at radius 3 is 3.05 bits per heavy atom. The number of rotatable bonds is 3. The minimum Gasteiger partial charge on any atom is -0.397 e. The molecule has 2 fully saturated rings. The first-order valence-electron chi connectivity index (χ1n) is 6.71. The normalized spacial score (nSPS) is 26.3. The van der Waals surface area contributed by atoms with Crippen LogP contribution in [0, 0.1) is 0 Å².